The Kier molecular flexibility index (Phi) is 3.83. The van der Waals surface area contributed by atoms with Gasteiger partial charge in [-0.1, -0.05) is 0 Å². The maximum absolute atomic E-state index is 12.4. The minimum absolute atomic E-state index is 0.132. The fourth-order valence-corrected chi connectivity index (χ4v) is 2.59. The lowest BCUT2D eigenvalue weighted by Gasteiger charge is -2.28. The van der Waals surface area contributed by atoms with E-state index in [-0.39, 0.29) is 6.03 Å². The second kappa shape index (κ2) is 5.77. The van der Waals surface area contributed by atoms with E-state index in [1.54, 1.807) is 29.8 Å². The van der Waals surface area contributed by atoms with Gasteiger partial charge < -0.3 is 10.2 Å². The second-order valence-electron chi connectivity index (χ2n) is 4.89. The lowest BCUT2D eigenvalue weighted by Crippen LogP contribution is -2.39. The largest absolute Gasteiger partial charge is 0.322 e. The monoisotopic (exact) mass is 347 g/mol. The Labute approximate surface area is 130 Å². The predicted octanol–water partition coefficient (Wildman–Crippen LogP) is 2.53. The van der Waals surface area contributed by atoms with E-state index in [1.165, 1.54) is 0 Å². The van der Waals surface area contributed by atoms with Gasteiger partial charge in [0, 0.05) is 35.4 Å². The summed E-state index contributed by atoms with van der Waals surface area (Å²) in [4.78, 5) is 26.5. The first-order valence-corrected chi connectivity index (χ1v) is 7.38. The quantitative estimate of drug-likeness (QED) is 0.860. The number of hydrogen-bond donors (Lipinski definition) is 1. The number of halogens is 1. The topological polar surface area (TPSA) is 71.0 Å². The van der Waals surface area contributed by atoms with Gasteiger partial charge in [0.15, 0.2) is 0 Å². The van der Waals surface area contributed by atoms with Crippen LogP contribution in [0.4, 0.5) is 10.5 Å². The Bertz CT molecular complexity index is 691. The first-order chi connectivity index (χ1) is 10.1. The zero-order valence-electron chi connectivity index (χ0n) is 11.5. The van der Waals surface area contributed by atoms with Crippen molar-refractivity contribution in [3.8, 4) is 0 Å². The number of carbonyl (C=O) groups is 1. The smallest absolute Gasteiger partial charge is 0.320 e. The number of fused-ring (bicyclic) bond motifs is 1. The van der Waals surface area contributed by atoms with Gasteiger partial charge in [0.1, 0.15) is 6.33 Å². The molecule has 3 heterocycles. The summed E-state index contributed by atoms with van der Waals surface area (Å²) in [5.74, 6) is 0. The zero-order chi connectivity index (χ0) is 14.8. The molecular weight excluding hydrogens is 334 g/mol. The highest BCUT2D eigenvalue weighted by molar-refractivity contribution is 9.10. The van der Waals surface area contributed by atoms with Crippen molar-refractivity contribution in [2.75, 3.05) is 11.9 Å². The molecule has 0 aromatic carbocycles. The molecule has 21 heavy (non-hydrogen) atoms. The standard InChI is InChI=1S/C14H14BrN5O/c1-9-11(15)5-16-6-13(9)19-14(21)20-3-2-12-10(7-20)4-17-8-18-12/h4-6,8H,2-3,7H2,1H3,(H,19,21). The SMILES string of the molecule is Cc1c(Br)cncc1NC(=O)N1CCc2ncncc2C1. The Morgan fingerprint density at radius 1 is 1.33 bits per heavy atom. The van der Waals surface area contributed by atoms with Crippen LogP contribution in [0.5, 0.6) is 0 Å². The molecule has 0 saturated heterocycles. The summed E-state index contributed by atoms with van der Waals surface area (Å²) in [7, 11) is 0. The fraction of sp³-hybridized carbons (Fsp3) is 0.286. The van der Waals surface area contributed by atoms with Crippen molar-refractivity contribution in [2.45, 2.75) is 19.9 Å². The first kappa shape index (κ1) is 13.9. The van der Waals surface area contributed by atoms with Crippen molar-refractivity contribution in [3.63, 3.8) is 0 Å². The van der Waals surface area contributed by atoms with Crippen LogP contribution >= 0.6 is 15.9 Å². The summed E-state index contributed by atoms with van der Waals surface area (Å²) >= 11 is 3.41. The summed E-state index contributed by atoms with van der Waals surface area (Å²) in [5, 5.41) is 2.91. The first-order valence-electron chi connectivity index (χ1n) is 6.59. The maximum Gasteiger partial charge on any atom is 0.322 e. The Hall–Kier alpha value is -2.02. The van der Waals surface area contributed by atoms with Gasteiger partial charge in [-0.05, 0) is 28.4 Å². The average Bonchev–Trinajstić information content (AvgIpc) is 2.51. The van der Waals surface area contributed by atoms with Crippen molar-refractivity contribution in [1.29, 1.82) is 0 Å². The third-order valence-corrected chi connectivity index (χ3v) is 4.34. The number of amides is 2. The molecule has 0 saturated carbocycles. The van der Waals surface area contributed by atoms with E-state index in [2.05, 4.69) is 36.2 Å². The molecule has 0 fully saturated rings. The molecule has 2 aromatic rings. The van der Waals surface area contributed by atoms with Crippen molar-refractivity contribution in [1.82, 2.24) is 19.9 Å². The number of nitrogens with one attached hydrogen (secondary N) is 1. The number of urea groups is 1. The number of pyridine rings is 1. The highest BCUT2D eigenvalue weighted by Gasteiger charge is 2.22. The van der Waals surface area contributed by atoms with Crippen LogP contribution in [0.25, 0.3) is 0 Å². The van der Waals surface area contributed by atoms with Gasteiger partial charge in [-0.2, -0.15) is 0 Å². The molecule has 0 spiro atoms. The summed E-state index contributed by atoms with van der Waals surface area (Å²) in [5.41, 5.74) is 3.70. The van der Waals surface area contributed by atoms with Gasteiger partial charge in [-0.15, -0.1) is 0 Å². The van der Waals surface area contributed by atoms with Crippen LogP contribution in [-0.4, -0.2) is 32.4 Å². The summed E-state index contributed by atoms with van der Waals surface area (Å²) in [6.45, 7) is 3.11. The molecule has 7 heteroatoms. The van der Waals surface area contributed by atoms with Crippen LogP contribution in [0, 0.1) is 6.92 Å². The predicted molar refractivity (Wildman–Crippen MR) is 81.8 cm³/mol. The van der Waals surface area contributed by atoms with E-state index >= 15 is 0 Å². The van der Waals surface area contributed by atoms with Gasteiger partial charge in [0.05, 0.1) is 24.1 Å². The molecule has 0 aliphatic carbocycles. The number of anilines is 1. The van der Waals surface area contributed by atoms with Crippen LogP contribution in [0.1, 0.15) is 16.8 Å². The van der Waals surface area contributed by atoms with Gasteiger partial charge >= 0.3 is 6.03 Å². The van der Waals surface area contributed by atoms with E-state index in [0.717, 1.165) is 27.7 Å². The molecule has 6 nitrogen and oxygen atoms in total. The lowest BCUT2D eigenvalue weighted by molar-refractivity contribution is 0.205. The zero-order valence-corrected chi connectivity index (χ0v) is 13.1. The number of nitrogens with zero attached hydrogens (tertiary/aromatic N) is 4. The number of aromatic nitrogens is 3. The lowest BCUT2D eigenvalue weighted by atomic mass is 10.1. The third-order valence-electron chi connectivity index (χ3n) is 3.54. The molecule has 1 N–H and O–H groups in total. The van der Waals surface area contributed by atoms with Crippen LogP contribution in [0.2, 0.25) is 0 Å². The third kappa shape index (κ3) is 2.87. The Balaban J connectivity index is 1.74. The maximum atomic E-state index is 12.4. The Morgan fingerprint density at radius 2 is 2.19 bits per heavy atom. The minimum Gasteiger partial charge on any atom is -0.320 e. The molecule has 0 bridgehead atoms. The summed E-state index contributed by atoms with van der Waals surface area (Å²) in [6.07, 6.45) is 7.43. The van der Waals surface area contributed by atoms with Crippen molar-refractivity contribution >= 4 is 27.6 Å². The highest BCUT2D eigenvalue weighted by atomic mass is 79.9. The van der Waals surface area contributed by atoms with E-state index in [4.69, 9.17) is 0 Å². The van der Waals surface area contributed by atoms with E-state index < -0.39 is 0 Å². The molecule has 1 aliphatic heterocycles. The van der Waals surface area contributed by atoms with Crippen molar-refractivity contribution in [3.05, 3.63) is 46.2 Å². The molecule has 0 unspecified atom stereocenters. The molecular formula is C14H14BrN5O. The number of carbonyl (C=O) groups excluding carboxylic acids is 1. The Morgan fingerprint density at radius 3 is 3.05 bits per heavy atom. The van der Waals surface area contributed by atoms with Crippen LogP contribution in [0.3, 0.4) is 0 Å². The van der Waals surface area contributed by atoms with Gasteiger partial charge in [0.25, 0.3) is 0 Å². The summed E-state index contributed by atoms with van der Waals surface area (Å²) in [6, 6.07) is -0.132. The van der Waals surface area contributed by atoms with Crippen LogP contribution in [0.15, 0.2) is 29.4 Å². The molecule has 3 rings (SSSR count). The number of rotatable bonds is 1. The van der Waals surface area contributed by atoms with Crippen molar-refractivity contribution in [2.24, 2.45) is 0 Å². The van der Waals surface area contributed by atoms with E-state index in [9.17, 15) is 4.79 Å². The molecule has 0 radical (unpaired) electrons. The molecule has 108 valence electrons. The molecule has 1 aliphatic rings. The number of hydrogen-bond acceptors (Lipinski definition) is 4. The highest BCUT2D eigenvalue weighted by Crippen LogP contribution is 2.23. The normalized spacial score (nSPS) is 13.7. The molecule has 2 aromatic heterocycles. The second-order valence-corrected chi connectivity index (χ2v) is 5.74. The summed E-state index contributed by atoms with van der Waals surface area (Å²) < 4.78 is 0.873. The molecule has 0 atom stereocenters. The van der Waals surface area contributed by atoms with E-state index in [0.29, 0.717) is 18.8 Å². The van der Waals surface area contributed by atoms with Gasteiger partial charge in [-0.25, -0.2) is 14.8 Å². The minimum atomic E-state index is -0.132. The van der Waals surface area contributed by atoms with Crippen LogP contribution < -0.4 is 5.32 Å². The van der Waals surface area contributed by atoms with Crippen LogP contribution in [-0.2, 0) is 13.0 Å². The van der Waals surface area contributed by atoms with Gasteiger partial charge in [0.2, 0.25) is 0 Å². The molecule has 2 amide bonds. The van der Waals surface area contributed by atoms with Gasteiger partial charge in [-0.3, -0.25) is 4.98 Å². The van der Waals surface area contributed by atoms with E-state index in [1.807, 2.05) is 6.92 Å². The average molecular weight is 348 g/mol. The van der Waals surface area contributed by atoms with Crippen molar-refractivity contribution < 1.29 is 4.79 Å². The fourth-order valence-electron chi connectivity index (χ4n) is 2.26.